The maximum Gasteiger partial charge on any atom is 0.192 e. The molecule has 0 radical (unpaired) electrons. The van der Waals surface area contributed by atoms with E-state index in [4.69, 9.17) is 13.9 Å². The molecule has 21 heavy (non-hydrogen) atoms. The van der Waals surface area contributed by atoms with Gasteiger partial charge < -0.3 is 23.9 Å². The van der Waals surface area contributed by atoms with Crippen LogP contribution in [-0.4, -0.2) is 70.7 Å². The summed E-state index contributed by atoms with van der Waals surface area (Å²) in [4.78, 5) is 2.03. The normalized spacial score (nSPS) is 31.7. The number of methoxy groups -OCH3 is 1. The Balaban J connectivity index is 2.67. The summed E-state index contributed by atoms with van der Waals surface area (Å²) in [6.45, 7) is 11.7. The van der Waals surface area contributed by atoms with E-state index in [1.807, 2.05) is 19.0 Å². The average Bonchev–Trinajstić information content (AvgIpc) is 2.35. The molecule has 0 amide bonds. The van der Waals surface area contributed by atoms with Crippen LogP contribution in [0, 0.1) is 0 Å². The van der Waals surface area contributed by atoms with Gasteiger partial charge in [0.2, 0.25) is 0 Å². The van der Waals surface area contributed by atoms with E-state index in [1.54, 1.807) is 7.11 Å². The van der Waals surface area contributed by atoms with Crippen molar-refractivity contribution in [3.05, 3.63) is 0 Å². The Morgan fingerprint density at radius 3 is 2.29 bits per heavy atom. The summed E-state index contributed by atoms with van der Waals surface area (Å²) in [6, 6.07) is 0.0247. The molecule has 0 aromatic carbocycles. The van der Waals surface area contributed by atoms with Crippen LogP contribution in [0.4, 0.5) is 0 Å². The van der Waals surface area contributed by atoms with Gasteiger partial charge in [-0.15, -0.1) is 0 Å². The predicted molar refractivity (Wildman–Crippen MR) is 86.9 cm³/mol. The van der Waals surface area contributed by atoms with Crippen LogP contribution in [0.3, 0.4) is 0 Å². The molecular formula is C15H33NO4Si. The molecule has 1 saturated heterocycles. The van der Waals surface area contributed by atoms with E-state index in [1.165, 1.54) is 0 Å². The van der Waals surface area contributed by atoms with Gasteiger partial charge in [-0.3, -0.25) is 0 Å². The lowest BCUT2D eigenvalue weighted by Gasteiger charge is -2.43. The highest BCUT2D eigenvalue weighted by Gasteiger charge is 2.42. The Morgan fingerprint density at radius 2 is 1.86 bits per heavy atom. The summed E-state index contributed by atoms with van der Waals surface area (Å²) < 4.78 is 17.4. The van der Waals surface area contributed by atoms with Crippen LogP contribution in [-0.2, 0) is 13.9 Å². The molecule has 1 fully saturated rings. The van der Waals surface area contributed by atoms with E-state index in [0.29, 0.717) is 6.61 Å². The van der Waals surface area contributed by atoms with E-state index in [0.717, 1.165) is 6.42 Å². The molecule has 0 aromatic rings. The first kappa shape index (κ1) is 19.1. The largest absolute Gasteiger partial charge is 0.414 e. The van der Waals surface area contributed by atoms with Gasteiger partial charge in [-0.05, 0) is 38.6 Å². The minimum absolute atomic E-state index is 0.0247. The van der Waals surface area contributed by atoms with E-state index in [9.17, 15) is 5.11 Å². The maximum absolute atomic E-state index is 10.3. The molecule has 5 nitrogen and oxygen atoms in total. The fourth-order valence-electron chi connectivity index (χ4n) is 2.25. The van der Waals surface area contributed by atoms with Gasteiger partial charge in [0.1, 0.15) is 6.10 Å². The summed E-state index contributed by atoms with van der Waals surface area (Å²) in [6.07, 6.45) is -0.504. The van der Waals surface area contributed by atoms with Crippen molar-refractivity contribution in [1.82, 2.24) is 4.90 Å². The lowest BCUT2D eigenvalue weighted by atomic mass is 9.99. The number of aliphatic hydroxyl groups is 1. The smallest absolute Gasteiger partial charge is 0.192 e. The van der Waals surface area contributed by atoms with Crippen molar-refractivity contribution in [3.63, 3.8) is 0 Å². The third-order valence-corrected chi connectivity index (χ3v) is 9.34. The summed E-state index contributed by atoms with van der Waals surface area (Å²) in [5, 5.41) is 10.4. The van der Waals surface area contributed by atoms with Gasteiger partial charge in [-0.1, -0.05) is 20.8 Å². The average molecular weight is 320 g/mol. The van der Waals surface area contributed by atoms with Crippen molar-refractivity contribution < 1.29 is 19.0 Å². The van der Waals surface area contributed by atoms with E-state index >= 15 is 0 Å². The number of hydrogen-bond acceptors (Lipinski definition) is 5. The van der Waals surface area contributed by atoms with E-state index in [2.05, 4.69) is 33.9 Å². The van der Waals surface area contributed by atoms with Crippen molar-refractivity contribution in [2.24, 2.45) is 0 Å². The zero-order chi connectivity index (χ0) is 16.4. The van der Waals surface area contributed by atoms with Crippen molar-refractivity contribution in [2.75, 3.05) is 27.8 Å². The van der Waals surface area contributed by atoms with Crippen LogP contribution in [0.5, 0.6) is 0 Å². The molecule has 1 rings (SSSR count). The van der Waals surface area contributed by atoms with E-state index < -0.39 is 20.7 Å². The first-order valence-corrected chi connectivity index (χ1v) is 10.6. The molecule has 0 bridgehead atoms. The highest BCUT2D eigenvalue weighted by molar-refractivity contribution is 6.74. The zero-order valence-electron chi connectivity index (χ0n) is 14.8. The Morgan fingerprint density at radius 1 is 1.29 bits per heavy atom. The number of nitrogens with zero attached hydrogens (tertiary/aromatic N) is 1. The number of aliphatic hydroxyl groups excluding tert-OH is 1. The maximum atomic E-state index is 10.3. The molecule has 0 unspecified atom stereocenters. The Kier molecular flexibility index (Phi) is 6.41. The molecule has 1 aliphatic rings. The topological polar surface area (TPSA) is 51.2 Å². The molecule has 0 aromatic heterocycles. The minimum Gasteiger partial charge on any atom is -0.414 e. The second-order valence-corrected chi connectivity index (χ2v) is 12.5. The summed E-state index contributed by atoms with van der Waals surface area (Å²) >= 11 is 0. The van der Waals surface area contributed by atoms with Crippen LogP contribution < -0.4 is 0 Å². The first-order valence-electron chi connectivity index (χ1n) is 7.66. The molecule has 126 valence electrons. The fraction of sp³-hybridized carbons (Fsp3) is 1.00. The molecule has 0 aliphatic carbocycles. The van der Waals surface area contributed by atoms with Crippen LogP contribution in [0.1, 0.15) is 27.2 Å². The molecule has 4 atom stereocenters. The molecule has 1 aliphatic heterocycles. The highest BCUT2D eigenvalue weighted by atomic mass is 28.4. The second kappa shape index (κ2) is 7.06. The first-order chi connectivity index (χ1) is 9.49. The SMILES string of the molecule is CO[C@@H]1O[C@H](CO[Si](C)(C)C(C)(C)C)C[C@H](N(C)C)[C@H]1O. The standard InChI is InChI=1S/C15H33NO4Si/c1-15(2,3)21(7,8)19-10-11-9-12(16(4)5)13(17)14(18-6)20-11/h11-14,17H,9-10H2,1-8H3/t11-,12-,13+,14+/m0/s1. The predicted octanol–water partition coefficient (Wildman–Crippen LogP) is 2.06. The van der Waals surface area contributed by atoms with Crippen molar-refractivity contribution in [2.45, 2.75) is 69.9 Å². The lowest BCUT2D eigenvalue weighted by Crippen LogP contribution is -2.56. The third-order valence-electron chi connectivity index (χ3n) is 4.84. The quantitative estimate of drug-likeness (QED) is 0.786. The van der Waals surface area contributed by atoms with Gasteiger partial charge in [-0.25, -0.2) is 0 Å². The summed E-state index contributed by atoms with van der Waals surface area (Å²) in [5.74, 6) is 0. The van der Waals surface area contributed by atoms with Crippen molar-refractivity contribution >= 4 is 8.32 Å². The number of rotatable bonds is 5. The molecule has 1 N–H and O–H groups in total. The second-order valence-electron chi connectivity index (χ2n) is 7.69. The summed E-state index contributed by atoms with van der Waals surface area (Å²) in [7, 11) is 3.72. The highest BCUT2D eigenvalue weighted by Crippen LogP contribution is 2.37. The Labute approximate surface area is 130 Å². The van der Waals surface area contributed by atoms with Gasteiger partial charge in [0.05, 0.1) is 12.7 Å². The third kappa shape index (κ3) is 4.74. The molecule has 0 spiro atoms. The van der Waals surface area contributed by atoms with Crippen LogP contribution >= 0.6 is 0 Å². The monoisotopic (exact) mass is 319 g/mol. The van der Waals surface area contributed by atoms with Crippen molar-refractivity contribution in [1.29, 1.82) is 0 Å². The lowest BCUT2D eigenvalue weighted by molar-refractivity contribution is -0.250. The Hall–Kier alpha value is 0.0169. The van der Waals surface area contributed by atoms with Gasteiger partial charge in [0, 0.05) is 13.2 Å². The molecule has 0 saturated carbocycles. The molecular weight excluding hydrogens is 286 g/mol. The van der Waals surface area contributed by atoms with Gasteiger partial charge in [-0.2, -0.15) is 0 Å². The fourth-order valence-corrected chi connectivity index (χ4v) is 3.29. The van der Waals surface area contributed by atoms with Crippen LogP contribution in [0.2, 0.25) is 18.1 Å². The molecule has 1 heterocycles. The van der Waals surface area contributed by atoms with Gasteiger partial charge >= 0.3 is 0 Å². The molecule has 6 heteroatoms. The summed E-state index contributed by atoms with van der Waals surface area (Å²) in [5.41, 5.74) is 0. The number of hydrogen-bond donors (Lipinski definition) is 1. The number of ether oxygens (including phenoxy) is 2. The van der Waals surface area contributed by atoms with Gasteiger partial charge in [0.25, 0.3) is 0 Å². The Bertz CT molecular complexity index is 330. The van der Waals surface area contributed by atoms with Gasteiger partial charge in [0.15, 0.2) is 14.6 Å². The number of likely N-dealkylation sites (N-methyl/N-ethyl adjacent to an activating group) is 1. The van der Waals surface area contributed by atoms with Crippen molar-refractivity contribution in [3.8, 4) is 0 Å². The van der Waals surface area contributed by atoms with Crippen LogP contribution in [0.15, 0.2) is 0 Å². The minimum atomic E-state index is -1.78. The van der Waals surface area contributed by atoms with Crippen LogP contribution in [0.25, 0.3) is 0 Å². The van der Waals surface area contributed by atoms with E-state index in [-0.39, 0.29) is 17.2 Å². The zero-order valence-corrected chi connectivity index (χ0v) is 15.8.